The molecule has 0 radical (unpaired) electrons. The van der Waals surface area contributed by atoms with Gasteiger partial charge in [0.1, 0.15) is 33.6 Å². The summed E-state index contributed by atoms with van der Waals surface area (Å²) in [6.07, 6.45) is 1.98. The Bertz CT molecular complexity index is 1130. The largest absolute Gasteiger partial charge is 0.386 e. The highest BCUT2D eigenvalue weighted by Crippen LogP contribution is 2.38. The third-order valence-electron chi connectivity index (χ3n) is 5.07. The standard InChI is InChI=1S/C20H20F3N3O2S/c1-19(2)18(24)26-20(3,11-29(19,27)28)14-8-12(4-6-15(14)22)9-16(23)17-7-5-13(21)10-25-17/h4-10H,11H2,1-3H3,(H2,24,26). The molecule has 2 aromatic rings. The Morgan fingerprint density at radius 2 is 1.86 bits per heavy atom. The van der Waals surface area contributed by atoms with E-state index in [1.54, 1.807) is 0 Å². The second-order valence-corrected chi connectivity index (χ2v) is 10.2. The molecule has 5 nitrogen and oxygen atoms in total. The number of rotatable bonds is 3. The van der Waals surface area contributed by atoms with Crippen LogP contribution in [0.5, 0.6) is 0 Å². The van der Waals surface area contributed by atoms with Gasteiger partial charge in [0.25, 0.3) is 0 Å². The third kappa shape index (κ3) is 3.78. The van der Waals surface area contributed by atoms with Crippen LogP contribution in [0.4, 0.5) is 13.2 Å². The van der Waals surface area contributed by atoms with Crippen LogP contribution < -0.4 is 5.73 Å². The second kappa shape index (κ2) is 6.98. The summed E-state index contributed by atoms with van der Waals surface area (Å²) in [5.41, 5.74) is 4.59. The minimum absolute atomic E-state index is 0.0202. The van der Waals surface area contributed by atoms with Gasteiger partial charge in [0.2, 0.25) is 0 Å². The first-order valence-electron chi connectivity index (χ1n) is 8.73. The predicted molar refractivity (Wildman–Crippen MR) is 106 cm³/mol. The van der Waals surface area contributed by atoms with Crippen LogP contribution in [0.15, 0.2) is 41.5 Å². The van der Waals surface area contributed by atoms with E-state index in [0.717, 1.165) is 24.4 Å². The molecule has 1 atom stereocenters. The normalized spacial score (nSPS) is 23.5. The van der Waals surface area contributed by atoms with Crippen molar-refractivity contribution in [3.63, 3.8) is 0 Å². The summed E-state index contributed by atoms with van der Waals surface area (Å²) in [5, 5.41) is 0. The number of pyridine rings is 1. The van der Waals surface area contributed by atoms with Gasteiger partial charge in [-0.3, -0.25) is 9.98 Å². The third-order valence-corrected chi connectivity index (χ3v) is 7.78. The zero-order valence-corrected chi connectivity index (χ0v) is 16.9. The van der Waals surface area contributed by atoms with Crippen LogP contribution in [0.25, 0.3) is 11.9 Å². The Labute approximate surface area is 167 Å². The number of amidine groups is 1. The summed E-state index contributed by atoms with van der Waals surface area (Å²) in [6, 6.07) is 6.01. The highest BCUT2D eigenvalue weighted by Gasteiger charge is 2.49. The lowest BCUT2D eigenvalue weighted by atomic mass is 9.91. The summed E-state index contributed by atoms with van der Waals surface area (Å²) in [4.78, 5) is 7.94. The zero-order chi connectivity index (χ0) is 21.6. The number of nitrogens with two attached hydrogens (primary N) is 1. The molecule has 1 aromatic heterocycles. The molecule has 0 spiro atoms. The maximum absolute atomic E-state index is 14.6. The molecule has 3 rings (SSSR count). The minimum Gasteiger partial charge on any atom is -0.386 e. The van der Waals surface area contributed by atoms with Crippen molar-refractivity contribution in [2.75, 3.05) is 5.75 Å². The fraction of sp³-hybridized carbons (Fsp3) is 0.300. The molecule has 2 heterocycles. The molecular formula is C20H20F3N3O2S. The number of halogens is 3. The summed E-state index contributed by atoms with van der Waals surface area (Å²) in [7, 11) is -3.72. The van der Waals surface area contributed by atoms with Gasteiger partial charge < -0.3 is 5.73 Å². The molecule has 0 fully saturated rings. The molecule has 0 amide bonds. The Balaban J connectivity index is 2.07. The van der Waals surface area contributed by atoms with Crippen LogP contribution in [0, 0.1) is 11.6 Å². The molecule has 1 aliphatic heterocycles. The molecule has 1 aliphatic rings. The van der Waals surface area contributed by atoms with Crippen molar-refractivity contribution < 1.29 is 21.6 Å². The first-order valence-corrected chi connectivity index (χ1v) is 10.4. The van der Waals surface area contributed by atoms with Crippen molar-refractivity contribution >= 4 is 27.6 Å². The van der Waals surface area contributed by atoms with Gasteiger partial charge in [-0.15, -0.1) is 0 Å². The molecular weight excluding hydrogens is 403 g/mol. The number of aliphatic imine (C=N–C) groups is 1. The van der Waals surface area contributed by atoms with Gasteiger partial charge in [-0.05, 0) is 56.7 Å². The van der Waals surface area contributed by atoms with Crippen molar-refractivity contribution in [2.45, 2.75) is 31.1 Å². The monoisotopic (exact) mass is 423 g/mol. The molecule has 29 heavy (non-hydrogen) atoms. The van der Waals surface area contributed by atoms with Crippen molar-refractivity contribution in [1.29, 1.82) is 0 Å². The average Bonchev–Trinajstić information content (AvgIpc) is 2.62. The lowest BCUT2D eigenvalue weighted by Crippen LogP contribution is -2.55. The predicted octanol–water partition coefficient (Wildman–Crippen LogP) is 3.61. The quantitative estimate of drug-likeness (QED) is 0.817. The lowest BCUT2D eigenvalue weighted by Gasteiger charge is -2.38. The number of benzene rings is 1. The first-order chi connectivity index (χ1) is 13.4. The van der Waals surface area contributed by atoms with Crippen molar-refractivity contribution in [2.24, 2.45) is 10.7 Å². The van der Waals surface area contributed by atoms with Gasteiger partial charge in [0.05, 0.1) is 17.6 Å². The highest BCUT2D eigenvalue weighted by molar-refractivity contribution is 7.93. The summed E-state index contributed by atoms with van der Waals surface area (Å²) >= 11 is 0. The van der Waals surface area contributed by atoms with E-state index in [0.29, 0.717) is 0 Å². The van der Waals surface area contributed by atoms with Crippen LogP contribution in [0.3, 0.4) is 0 Å². The molecule has 1 unspecified atom stereocenters. The Morgan fingerprint density at radius 3 is 2.45 bits per heavy atom. The molecule has 0 saturated heterocycles. The Kier molecular flexibility index (Phi) is 5.06. The smallest absolute Gasteiger partial charge is 0.165 e. The lowest BCUT2D eigenvalue weighted by molar-refractivity contribution is 0.475. The van der Waals surface area contributed by atoms with Crippen LogP contribution >= 0.6 is 0 Å². The minimum atomic E-state index is -3.72. The van der Waals surface area contributed by atoms with E-state index >= 15 is 0 Å². The average molecular weight is 423 g/mol. The fourth-order valence-corrected chi connectivity index (χ4v) is 4.75. The molecule has 0 saturated carbocycles. The van der Waals surface area contributed by atoms with Crippen molar-refractivity contribution in [1.82, 2.24) is 4.98 Å². The number of hydrogen-bond donors (Lipinski definition) is 1. The Morgan fingerprint density at radius 1 is 1.17 bits per heavy atom. The van der Waals surface area contributed by atoms with E-state index in [4.69, 9.17) is 5.73 Å². The number of nitrogens with zero attached hydrogens (tertiary/aromatic N) is 2. The van der Waals surface area contributed by atoms with Crippen LogP contribution in [0.2, 0.25) is 0 Å². The van der Waals surface area contributed by atoms with Crippen LogP contribution in [-0.2, 0) is 15.4 Å². The molecule has 0 bridgehead atoms. The van der Waals surface area contributed by atoms with Gasteiger partial charge in [0, 0.05) is 5.56 Å². The SMILES string of the molecule is CC1(c2cc(C=C(F)c3ccc(F)cn3)ccc2F)CS(=O)(=O)C(C)(C)C(N)=N1. The molecule has 9 heteroatoms. The van der Waals surface area contributed by atoms with Gasteiger partial charge in [-0.25, -0.2) is 21.6 Å². The van der Waals surface area contributed by atoms with Gasteiger partial charge in [0.15, 0.2) is 9.84 Å². The number of aromatic nitrogens is 1. The molecule has 2 N–H and O–H groups in total. The van der Waals surface area contributed by atoms with Gasteiger partial charge >= 0.3 is 0 Å². The van der Waals surface area contributed by atoms with Crippen LogP contribution in [-0.4, -0.2) is 29.7 Å². The maximum atomic E-state index is 14.6. The van der Waals surface area contributed by atoms with E-state index in [9.17, 15) is 21.6 Å². The van der Waals surface area contributed by atoms with E-state index in [1.165, 1.54) is 39.0 Å². The number of sulfone groups is 1. The molecule has 0 aliphatic carbocycles. The van der Waals surface area contributed by atoms with Gasteiger partial charge in [-0.2, -0.15) is 0 Å². The topological polar surface area (TPSA) is 85.4 Å². The van der Waals surface area contributed by atoms with Crippen molar-refractivity contribution in [3.05, 3.63) is 65.0 Å². The highest BCUT2D eigenvalue weighted by atomic mass is 32.2. The van der Waals surface area contributed by atoms with E-state index in [2.05, 4.69) is 9.98 Å². The van der Waals surface area contributed by atoms with E-state index < -0.39 is 43.3 Å². The fourth-order valence-electron chi connectivity index (χ4n) is 3.06. The van der Waals surface area contributed by atoms with Crippen molar-refractivity contribution in [3.8, 4) is 0 Å². The van der Waals surface area contributed by atoms with Crippen LogP contribution in [0.1, 0.15) is 37.6 Å². The molecule has 1 aromatic carbocycles. The summed E-state index contributed by atoms with van der Waals surface area (Å²) in [6.45, 7) is 4.36. The zero-order valence-electron chi connectivity index (χ0n) is 16.1. The summed E-state index contributed by atoms with van der Waals surface area (Å²) in [5.74, 6) is -2.60. The van der Waals surface area contributed by atoms with E-state index in [-0.39, 0.29) is 22.7 Å². The maximum Gasteiger partial charge on any atom is 0.165 e. The summed E-state index contributed by atoms with van der Waals surface area (Å²) < 4.78 is 66.0. The number of hydrogen-bond acceptors (Lipinski definition) is 5. The second-order valence-electron chi connectivity index (χ2n) is 7.63. The first kappa shape index (κ1) is 21.0. The van der Waals surface area contributed by atoms with E-state index in [1.807, 2.05) is 0 Å². The molecule has 154 valence electrons. The van der Waals surface area contributed by atoms with Gasteiger partial charge in [-0.1, -0.05) is 6.07 Å². The Hall–Kier alpha value is -2.68.